The number of piperidine rings is 1. The molecule has 1 saturated heterocycles. The van der Waals surface area contributed by atoms with Gasteiger partial charge in [0.2, 0.25) is 0 Å². The summed E-state index contributed by atoms with van der Waals surface area (Å²) in [6.07, 6.45) is 4.48. The number of fused-ring (bicyclic) bond motifs is 2. The molecule has 2 aliphatic rings. The molecule has 0 saturated carbocycles. The molecule has 2 heterocycles. The summed E-state index contributed by atoms with van der Waals surface area (Å²) in [6, 6.07) is 11.4. The van der Waals surface area contributed by atoms with Crippen molar-refractivity contribution in [3.8, 4) is 0 Å². The second-order valence-electron chi connectivity index (χ2n) is 6.85. The number of benzene rings is 1. The predicted octanol–water partition coefficient (Wildman–Crippen LogP) is 3.98. The van der Waals surface area contributed by atoms with Gasteiger partial charge in [0, 0.05) is 11.3 Å². The average molecular weight is 304 g/mol. The van der Waals surface area contributed by atoms with Crippen LogP contribution in [0.4, 0.5) is 0 Å². The molecular weight excluding hydrogens is 280 g/mol. The van der Waals surface area contributed by atoms with E-state index in [4.69, 9.17) is 4.98 Å². The van der Waals surface area contributed by atoms with Gasteiger partial charge in [-0.05, 0) is 75.4 Å². The number of rotatable bonds is 0. The molecule has 0 radical (unpaired) electrons. The Labute approximate surface area is 138 Å². The highest BCUT2D eigenvalue weighted by Crippen LogP contribution is 2.37. The third-order valence-electron chi connectivity index (χ3n) is 5.11. The molecule has 1 aliphatic carbocycles. The van der Waals surface area contributed by atoms with Gasteiger partial charge < -0.3 is 5.32 Å². The average Bonchev–Trinajstić information content (AvgIpc) is 2.72. The Kier molecular flexibility index (Phi) is 3.78. The molecule has 4 rings (SSSR count). The summed E-state index contributed by atoms with van der Waals surface area (Å²) in [4.78, 5) is 4.97. The third-order valence-corrected chi connectivity index (χ3v) is 5.11. The first-order valence-corrected chi connectivity index (χ1v) is 8.72. The largest absolute Gasteiger partial charge is 0.316 e. The standard InChI is InChI=1S/C21H24N2/c1-14-3-8-19-18(13-14)7-6-17-5-4-15(2)23-21(17)20(19)16-9-11-22-12-10-16/h3-5,8,13,22H,6-7,9-12H2,1-2H3. The van der Waals surface area contributed by atoms with Crippen LogP contribution in [0.2, 0.25) is 0 Å². The van der Waals surface area contributed by atoms with E-state index in [0.717, 1.165) is 44.5 Å². The Balaban J connectivity index is 1.99. The van der Waals surface area contributed by atoms with Crippen molar-refractivity contribution in [1.82, 2.24) is 10.3 Å². The highest BCUT2D eigenvalue weighted by molar-refractivity contribution is 5.84. The van der Waals surface area contributed by atoms with Crippen LogP contribution in [0.25, 0.3) is 5.57 Å². The Bertz CT molecular complexity index is 778. The van der Waals surface area contributed by atoms with Crippen molar-refractivity contribution in [3.63, 3.8) is 0 Å². The maximum Gasteiger partial charge on any atom is 0.0742 e. The molecule has 0 unspecified atom stereocenters. The van der Waals surface area contributed by atoms with Crippen LogP contribution in [0.15, 0.2) is 35.9 Å². The quantitative estimate of drug-likeness (QED) is 0.796. The molecule has 1 aliphatic heterocycles. The van der Waals surface area contributed by atoms with E-state index in [2.05, 4.69) is 49.5 Å². The number of aromatic nitrogens is 1. The summed E-state index contributed by atoms with van der Waals surface area (Å²) in [5, 5.41) is 3.48. The van der Waals surface area contributed by atoms with Gasteiger partial charge in [-0.1, -0.05) is 35.4 Å². The second-order valence-corrected chi connectivity index (χ2v) is 6.85. The molecule has 2 aromatic rings. The fourth-order valence-corrected chi connectivity index (χ4v) is 3.91. The third kappa shape index (κ3) is 2.72. The SMILES string of the molecule is Cc1ccc2c(c1)CCc1ccc(C)nc1C2=C1CCNCC1. The number of nitrogens with one attached hydrogen (secondary N) is 1. The van der Waals surface area contributed by atoms with Gasteiger partial charge in [0.05, 0.1) is 5.69 Å². The summed E-state index contributed by atoms with van der Waals surface area (Å²) in [5.41, 5.74) is 11.0. The smallest absolute Gasteiger partial charge is 0.0742 e. The topological polar surface area (TPSA) is 24.9 Å². The first kappa shape index (κ1) is 14.6. The minimum absolute atomic E-state index is 1.08. The molecule has 1 N–H and O–H groups in total. The Morgan fingerprint density at radius 3 is 2.48 bits per heavy atom. The molecule has 1 aromatic heterocycles. The summed E-state index contributed by atoms with van der Waals surface area (Å²) in [7, 11) is 0. The van der Waals surface area contributed by atoms with E-state index in [0.29, 0.717) is 0 Å². The number of hydrogen-bond acceptors (Lipinski definition) is 2. The lowest BCUT2D eigenvalue weighted by molar-refractivity contribution is 0.611. The molecule has 0 bridgehead atoms. The minimum Gasteiger partial charge on any atom is -0.316 e. The van der Waals surface area contributed by atoms with Crippen LogP contribution in [0.3, 0.4) is 0 Å². The van der Waals surface area contributed by atoms with E-state index in [1.807, 2.05) is 0 Å². The number of nitrogens with zero attached hydrogens (tertiary/aromatic N) is 1. The van der Waals surface area contributed by atoms with Gasteiger partial charge in [-0.25, -0.2) is 0 Å². The molecule has 1 aromatic carbocycles. The van der Waals surface area contributed by atoms with Crippen LogP contribution in [0.5, 0.6) is 0 Å². The van der Waals surface area contributed by atoms with Gasteiger partial charge in [0.15, 0.2) is 0 Å². The van der Waals surface area contributed by atoms with E-state index in [9.17, 15) is 0 Å². The first-order valence-electron chi connectivity index (χ1n) is 8.72. The zero-order valence-corrected chi connectivity index (χ0v) is 14.1. The molecule has 23 heavy (non-hydrogen) atoms. The summed E-state index contributed by atoms with van der Waals surface area (Å²) < 4.78 is 0. The van der Waals surface area contributed by atoms with Crippen molar-refractivity contribution in [1.29, 1.82) is 0 Å². The molecule has 0 atom stereocenters. The van der Waals surface area contributed by atoms with Crippen molar-refractivity contribution in [2.24, 2.45) is 0 Å². The fraction of sp³-hybridized carbons (Fsp3) is 0.381. The normalized spacial score (nSPS) is 17.5. The lowest BCUT2D eigenvalue weighted by Crippen LogP contribution is -2.24. The summed E-state index contributed by atoms with van der Waals surface area (Å²) in [6.45, 7) is 6.46. The molecule has 118 valence electrons. The zero-order valence-electron chi connectivity index (χ0n) is 14.1. The lowest BCUT2D eigenvalue weighted by Gasteiger charge is -2.22. The van der Waals surface area contributed by atoms with Gasteiger partial charge >= 0.3 is 0 Å². The lowest BCUT2D eigenvalue weighted by atomic mass is 9.88. The Morgan fingerprint density at radius 2 is 1.65 bits per heavy atom. The summed E-state index contributed by atoms with van der Waals surface area (Å²) >= 11 is 0. The maximum atomic E-state index is 4.97. The highest BCUT2D eigenvalue weighted by Gasteiger charge is 2.23. The number of hydrogen-bond donors (Lipinski definition) is 1. The van der Waals surface area contributed by atoms with Crippen LogP contribution in [0.1, 0.15) is 46.5 Å². The van der Waals surface area contributed by atoms with Crippen LogP contribution in [0, 0.1) is 13.8 Å². The molecule has 2 heteroatoms. The van der Waals surface area contributed by atoms with Gasteiger partial charge in [-0.15, -0.1) is 0 Å². The first-order chi connectivity index (χ1) is 11.2. The Hall–Kier alpha value is -1.93. The molecule has 1 fully saturated rings. The van der Waals surface area contributed by atoms with E-state index in [1.165, 1.54) is 33.5 Å². The van der Waals surface area contributed by atoms with E-state index in [-0.39, 0.29) is 0 Å². The van der Waals surface area contributed by atoms with E-state index < -0.39 is 0 Å². The number of pyridine rings is 1. The molecule has 0 amide bonds. The van der Waals surface area contributed by atoms with Crippen LogP contribution >= 0.6 is 0 Å². The van der Waals surface area contributed by atoms with Crippen LogP contribution < -0.4 is 5.32 Å². The van der Waals surface area contributed by atoms with Gasteiger partial charge in [0.1, 0.15) is 0 Å². The van der Waals surface area contributed by atoms with Crippen molar-refractivity contribution >= 4 is 5.57 Å². The van der Waals surface area contributed by atoms with Crippen molar-refractivity contribution in [2.45, 2.75) is 39.5 Å². The van der Waals surface area contributed by atoms with Crippen molar-refractivity contribution in [3.05, 3.63) is 69.5 Å². The maximum absolute atomic E-state index is 4.97. The predicted molar refractivity (Wildman–Crippen MR) is 95.7 cm³/mol. The highest BCUT2D eigenvalue weighted by atomic mass is 14.9. The van der Waals surface area contributed by atoms with Crippen molar-refractivity contribution in [2.75, 3.05) is 13.1 Å². The van der Waals surface area contributed by atoms with Crippen LogP contribution in [-0.4, -0.2) is 18.1 Å². The molecular formula is C21H24N2. The van der Waals surface area contributed by atoms with Gasteiger partial charge in [0.25, 0.3) is 0 Å². The molecule has 0 spiro atoms. The van der Waals surface area contributed by atoms with E-state index >= 15 is 0 Å². The molecule has 2 nitrogen and oxygen atoms in total. The van der Waals surface area contributed by atoms with E-state index in [1.54, 1.807) is 5.57 Å². The zero-order chi connectivity index (χ0) is 15.8. The number of aryl methyl sites for hydroxylation is 4. The van der Waals surface area contributed by atoms with Gasteiger partial charge in [-0.3, -0.25) is 4.98 Å². The second kappa shape index (κ2) is 5.93. The van der Waals surface area contributed by atoms with Gasteiger partial charge in [-0.2, -0.15) is 0 Å². The minimum atomic E-state index is 1.08. The fourth-order valence-electron chi connectivity index (χ4n) is 3.91. The van der Waals surface area contributed by atoms with Crippen LogP contribution in [-0.2, 0) is 12.8 Å². The Morgan fingerprint density at radius 1 is 0.870 bits per heavy atom. The monoisotopic (exact) mass is 304 g/mol. The summed E-state index contributed by atoms with van der Waals surface area (Å²) in [5.74, 6) is 0. The van der Waals surface area contributed by atoms with Crippen molar-refractivity contribution < 1.29 is 0 Å².